The van der Waals surface area contributed by atoms with Crippen LogP contribution in [0.2, 0.25) is 0 Å². The molecular weight excluding hydrogens is 701 g/mol. The zero-order chi connectivity index (χ0) is 40.0. The minimum atomic E-state index is -4.37. The molecule has 0 aromatic heterocycles. The number of unbranched alkanes of at least 4 members (excludes halogenated alkanes) is 19. The van der Waals surface area contributed by atoms with Crippen LogP contribution >= 0.6 is 7.82 Å². The molecule has 0 bridgehead atoms. The molecule has 1 N–H and O–H groups in total. The minimum Gasteiger partial charge on any atom is -0.462 e. The first-order valence-corrected chi connectivity index (χ1v) is 23.2. The summed E-state index contributed by atoms with van der Waals surface area (Å²) in [6, 6.07) is 0. The lowest BCUT2D eigenvalue weighted by Crippen LogP contribution is -2.37. The molecule has 0 saturated heterocycles. The van der Waals surface area contributed by atoms with Gasteiger partial charge >= 0.3 is 19.8 Å². The van der Waals surface area contributed by atoms with Gasteiger partial charge in [-0.3, -0.25) is 18.6 Å². The molecule has 0 heterocycles. The number of carbonyl (C=O) groups is 2. The number of phosphoric ester groups is 1. The summed E-state index contributed by atoms with van der Waals surface area (Å²) in [4.78, 5) is 35.3. The molecule has 0 rings (SSSR count). The lowest BCUT2D eigenvalue weighted by atomic mass is 10.1. The van der Waals surface area contributed by atoms with E-state index < -0.39 is 26.5 Å². The van der Waals surface area contributed by atoms with E-state index in [2.05, 4.69) is 50.3 Å². The van der Waals surface area contributed by atoms with Gasteiger partial charge in [-0.25, -0.2) is 4.57 Å². The van der Waals surface area contributed by atoms with Crippen LogP contribution in [-0.2, 0) is 32.7 Å². The first-order chi connectivity index (χ1) is 26.0. The van der Waals surface area contributed by atoms with E-state index in [-0.39, 0.29) is 32.0 Å². The standard InChI is InChI=1S/C44H82NO8P/c1-6-8-10-12-14-16-18-19-20-21-22-23-24-25-27-29-31-33-35-37-44(47)53-42(41-52-54(48,49)51-39-38-45(3,4)5)40-50-43(46)36-34-32-30-28-26-17-15-13-11-9-7-2/h13-16,19-20,42H,6-12,17-18,21-41H2,1-5H3/p+1/b15-13+,16-14+,20-19+/t42-/m1/s1. The highest BCUT2D eigenvalue weighted by atomic mass is 31.2. The highest BCUT2D eigenvalue weighted by molar-refractivity contribution is 7.47. The van der Waals surface area contributed by atoms with Gasteiger partial charge in [-0.1, -0.05) is 140 Å². The monoisotopic (exact) mass is 785 g/mol. The van der Waals surface area contributed by atoms with E-state index in [1.165, 1.54) is 70.6 Å². The number of quaternary nitrogens is 1. The highest BCUT2D eigenvalue weighted by Gasteiger charge is 2.27. The van der Waals surface area contributed by atoms with Crippen LogP contribution in [0.4, 0.5) is 0 Å². The van der Waals surface area contributed by atoms with Crippen molar-refractivity contribution in [3.8, 4) is 0 Å². The molecule has 0 saturated carbocycles. The number of rotatable bonds is 39. The average molecular weight is 785 g/mol. The summed E-state index contributed by atoms with van der Waals surface area (Å²) in [6.45, 7) is 4.34. The van der Waals surface area contributed by atoms with Crippen molar-refractivity contribution < 1.29 is 42.1 Å². The predicted molar refractivity (Wildman–Crippen MR) is 224 cm³/mol. The van der Waals surface area contributed by atoms with Crippen molar-refractivity contribution in [1.29, 1.82) is 0 Å². The summed E-state index contributed by atoms with van der Waals surface area (Å²) in [5, 5.41) is 0. The van der Waals surface area contributed by atoms with Crippen molar-refractivity contribution in [2.24, 2.45) is 0 Å². The lowest BCUT2D eigenvalue weighted by molar-refractivity contribution is -0.870. The van der Waals surface area contributed by atoms with Gasteiger partial charge in [0, 0.05) is 12.8 Å². The first kappa shape index (κ1) is 52.2. The molecule has 0 aliphatic rings. The first-order valence-electron chi connectivity index (χ1n) is 21.7. The molecule has 0 spiro atoms. The second kappa shape index (κ2) is 36.8. The number of hydrogen-bond donors (Lipinski definition) is 1. The SMILES string of the molecule is CCCC/C=C/CCCCCCCC(=O)OC[C@H](COP(=O)(O)OCC[N+](C)(C)C)OC(=O)CCCCCCCCCCC/C=C/C/C=C/CCCCC. The van der Waals surface area contributed by atoms with E-state index in [0.717, 1.165) is 77.0 Å². The highest BCUT2D eigenvalue weighted by Crippen LogP contribution is 2.43. The summed E-state index contributed by atoms with van der Waals surface area (Å²) in [5.41, 5.74) is 0. The largest absolute Gasteiger partial charge is 0.472 e. The van der Waals surface area contributed by atoms with Crippen LogP contribution in [-0.4, -0.2) is 74.9 Å². The number of esters is 2. The number of phosphoric acid groups is 1. The van der Waals surface area contributed by atoms with Crippen LogP contribution in [0.3, 0.4) is 0 Å². The fraction of sp³-hybridized carbons (Fsp3) is 0.818. The lowest BCUT2D eigenvalue weighted by Gasteiger charge is -2.24. The van der Waals surface area contributed by atoms with Gasteiger partial charge in [0.15, 0.2) is 6.10 Å². The second-order valence-corrected chi connectivity index (χ2v) is 17.2. The summed E-state index contributed by atoms with van der Waals surface area (Å²) in [7, 11) is 1.47. The van der Waals surface area contributed by atoms with Crippen molar-refractivity contribution in [1.82, 2.24) is 0 Å². The quantitative estimate of drug-likeness (QED) is 0.0216. The van der Waals surface area contributed by atoms with Crippen LogP contribution < -0.4 is 0 Å². The average Bonchev–Trinajstić information content (AvgIpc) is 3.12. The van der Waals surface area contributed by atoms with Crippen molar-refractivity contribution in [3.63, 3.8) is 0 Å². The van der Waals surface area contributed by atoms with Gasteiger partial charge in [-0.2, -0.15) is 0 Å². The molecule has 10 heteroatoms. The Labute approximate surface area is 331 Å². The molecule has 2 atom stereocenters. The van der Waals surface area contributed by atoms with E-state index in [0.29, 0.717) is 17.4 Å². The van der Waals surface area contributed by atoms with Gasteiger partial charge in [-0.15, -0.1) is 0 Å². The number of hydrogen-bond acceptors (Lipinski definition) is 7. The Kier molecular flexibility index (Phi) is 35.6. The van der Waals surface area contributed by atoms with Crippen LogP contribution in [0.5, 0.6) is 0 Å². The number of allylic oxidation sites excluding steroid dienone is 6. The summed E-state index contributed by atoms with van der Waals surface area (Å²) < 4.78 is 34.2. The molecule has 1 unspecified atom stereocenters. The summed E-state index contributed by atoms with van der Waals surface area (Å²) in [5.74, 6) is -0.815. The predicted octanol–water partition coefficient (Wildman–Crippen LogP) is 12.1. The topological polar surface area (TPSA) is 108 Å². The Morgan fingerprint density at radius 1 is 0.574 bits per heavy atom. The van der Waals surface area contributed by atoms with E-state index in [4.69, 9.17) is 18.5 Å². The van der Waals surface area contributed by atoms with E-state index in [1.807, 2.05) is 21.1 Å². The number of carbonyl (C=O) groups excluding carboxylic acids is 2. The number of ether oxygens (including phenoxy) is 2. The zero-order valence-corrected chi connectivity index (χ0v) is 36.3. The fourth-order valence-electron chi connectivity index (χ4n) is 5.67. The van der Waals surface area contributed by atoms with E-state index in [9.17, 15) is 19.0 Å². The molecule has 9 nitrogen and oxygen atoms in total. The zero-order valence-electron chi connectivity index (χ0n) is 35.5. The molecule has 0 aliphatic heterocycles. The molecule has 0 aliphatic carbocycles. The van der Waals surface area contributed by atoms with E-state index >= 15 is 0 Å². The van der Waals surface area contributed by atoms with Crippen molar-refractivity contribution in [2.45, 2.75) is 187 Å². The van der Waals surface area contributed by atoms with Gasteiger partial charge in [0.2, 0.25) is 0 Å². The molecule has 0 aromatic carbocycles. The maximum atomic E-state index is 12.7. The minimum absolute atomic E-state index is 0.0293. The number of likely N-dealkylation sites (N-methyl/N-ethyl adjacent to an activating group) is 1. The van der Waals surface area contributed by atoms with Crippen molar-refractivity contribution >= 4 is 19.8 Å². The van der Waals surface area contributed by atoms with Crippen molar-refractivity contribution in [3.05, 3.63) is 36.5 Å². The molecule has 0 radical (unpaired) electrons. The Hall–Kier alpha value is -1.77. The Morgan fingerprint density at radius 2 is 1.02 bits per heavy atom. The van der Waals surface area contributed by atoms with Crippen LogP contribution in [0.25, 0.3) is 0 Å². The third-order valence-electron chi connectivity index (χ3n) is 9.14. The molecular formula is C44H83NO8P+. The number of nitrogens with zero attached hydrogens (tertiary/aromatic N) is 1. The van der Waals surface area contributed by atoms with Gasteiger partial charge in [-0.05, 0) is 64.2 Å². The summed E-state index contributed by atoms with van der Waals surface area (Å²) in [6.07, 6.45) is 40.4. The molecule has 0 aromatic rings. The third kappa shape index (κ3) is 39.9. The molecule has 0 fully saturated rings. The fourth-order valence-corrected chi connectivity index (χ4v) is 6.41. The van der Waals surface area contributed by atoms with Gasteiger partial charge in [0.25, 0.3) is 0 Å². The normalized spacial score (nSPS) is 14.0. The van der Waals surface area contributed by atoms with Gasteiger partial charge < -0.3 is 18.9 Å². The summed E-state index contributed by atoms with van der Waals surface area (Å²) >= 11 is 0. The van der Waals surface area contributed by atoms with Crippen LogP contribution in [0, 0.1) is 0 Å². The smallest absolute Gasteiger partial charge is 0.462 e. The maximum absolute atomic E-state index is 12.7. The maximum Gasteiger partial charge on any atom is 0.472 e. The third-order valence-corrected chi connectivity index (χ3v) is 10.1. The van der Waals surface area contributed by atoms with Crippen LogP contribution in [0.15, 0.2) is 36.5 Å². The molecule has 316 valence electrons. The Morgan fingerprint density at radius 3 is 1.54 bits per heavy atom. The second-order valence-electron chi connectivity index (χ2n) is 15.7. The molecule has 54 heavy (non-hydrogen) atoms. The Bertz CT molecular complexity index is 1020. The van der Waals surface area contributed by atoms with E-state index in [1.54, 1.807) is 0 Å². The Balaban J connectivity index is 4.34. The van der Waals surface area contributed by atoms with Gasteiger partial charge in [0.1, 0.15) is 19.8 Å². The van der Waals surface area contributed by atoms with Crippen LogP contribution in [0.1, 0.15) is 181 Å². The van der Waals surface area contributed by atoms with Crippen molar-refractivity contribution in [2.75, 3.05) is 47.5 Å². The molecule has 0 amide bonds. The van der Waals surface area contributed by atoms with Gasteiger partial charge in [0.05, 0.1) is 27.7 Å².